The first kappa shape index (κ1) is 22.1. The van der Waals surface area contributed by atoms with Crippen LogP contribution in [0.1, 0.15) is 31.5 Å². The second kappa shape index (κ2) is 9.58. The summed E-state index contributed by atoms with van der Waals surface area (Å²) < 4.78 is 7.88. The minimum absolute atomic E-state index is 0.00456. The molecule has 3 aromatic rings. The zero-order chi connectivity index (χ0) is 22.7. The Morgan fingerprint density at radius 2 is 2.00 bits per heavy atom. The number of aryl methyl sites for hydroxylation is 3. The lowest BCUT2D eigenvalue weighted by molar-refractivity contribution is -0.132. The van der Waals surface area contributed by atoms with Gasteiger partial charge in [-0.3, -0.25) is 19.3 Å². The zero-order valence-electron chi connectivity index (χ0n) is 18.4. The number of rotatable bonds is 6. The molecule has 0 bridgehead atoms. The summed E-state index contributed by atoms with van der Waals surface area (Å²) in [5.74, 6) is -0.293. The Morgan fingerprint density at radius 1 is 1.22 bits per heavy atom. The third kappa shape index (κ3) is 5.20. The Morgan fingerprint density at radius 3 is 2.66 bits per heavy atom. The summed E-state index contributed by atoms with van der Waals surface area (Å²) in [6, 6.07) is 3.78. The Kier molecular flexibility index (Phi) is 6.61. The highest BCUT2D eigenvalue weighted by molar-refractivity contribution is 7.13. The van der Waals surface area contributed by atoms with Crippen LogP contribution in [0, 0.1) is 13.8 Å². The van der Waals surface area contributed by atoms with E-state index in [4.69, 9.17) is 4.74 Å². The molecule has 0 saturated carbocycles. The van der Waals surface area contributed by atoms with Gasteiger partial charge in [0, 0.05) is 50.8 Å². The number of hydrogen-bond acceptors (Lipinski definition) is 7. The molecule has 32 heavy (non-hydrogen) atoms. The number of carbonyl (C=O) groups is 2. The predicted octanol–water partition coefficient (Wildman–Crippen LogP) is 1.96. The molecule has 4 heterocycles. The van der Waals surface area contributed by atoms with E-state index in [-0.39, 0.29) is 24.5 Å². The molecule has 9 nitrogen and oxygen atoms in total. The number of nitrogens with zero attached hydrogens (tertiary/aromatic N) is 6. The van der Waals surface area contributed by atoms with Gasteiger partial charge in [0.25, 0.3) is 5.91 Å². The SMILES string of the molecule is Cc1nc(C)c(C(=O)N2CC(=O)N(Cc3cnn(C)c3)C[C@H](OCc3ccncc3)C2)s1. The van der Waals surface area contributed by atoms with Crippen LogP contribution in [0.4, 0.5) is 0 Å². The van der Waals surface area contributed by atoms with Crippen LogP contribution in [-0.2, 0) is 29.7 Å². The average molecular weight is 455 g/mol. The normalized spacial score (nSPS) is 17.0. The smallest absolute Gasteiger partial charge is 0.266 e. The molecule has 1 saturated heterocycles. The maximum atomic E-state index is 13.3. The molecule has 2 amide bonds. The van der Waals surface area contributed by atoms with Crippen LogP contribution >= 0.6 is 11.3 Å². The molecular weight excluding hydrogens is 428 g/mol. The highest BCUT2D eigenvalue weighted by atomic mass is 32.1. The van der Waals surface area contributed by atoms with Gasteiger partial charge in [0.1, 0.15) is 11.4 Å². The van der Waals surface area contributed by atoms with Gasteiger partial charge in [-0.1, -0.05) is 0 Å². The van der Waals surface area contributed by atoms with Crippen molar-refractivity contribution in [3.05, 3.63) is 63.6 Å². The summed E-state index contributed by atoms with van der Waals surface area (Å²) in [5, 5.41) is 5.02. The van der Waals surface area contributed by atoms with Crippen LogP contribution in [0.5, 0.6) is 0 Å². The van der Waals surface area contributed by atoms with Gasteiger partial charge in [-0.15, -0.1) is 11.3 Å². The van der Waals surface area contributed by atoms with Crippen LogP contribution in [0.25, 0.3) is 0 Å². The molecule has 0 aromatic carbocycles. The first-order valence-electron chi connectivity index (χ1n) is 10.4. The van der Waals surface area contributed by atoms with E-state index >= 15 is 0 Å². The van der Waals surface area contributed by atoms with Gasteiger partial charge in [-0.25, -0.2) is 4.98 Å². The summed E-state index contributed by atoms with van der Waals surface area (Å²) in [7, 11) is 1.84. The van der Waals surface area contributed by atoms with E-state index in [9.17, 15) is 9.59 Å². The molecule has 0 radical (unpaired) electrons. The van der Waals surface area contributed by atoms with Crippen molar-refractivity contribution in [2.24, 2.45) is 7.05 Å². The molecule has 0 unspecified atom stereocenters. The average Bonchev–Trinajstić information content (AvgIpc) is 3.29. The Hall–Kier alpha value is -3.11. The first-order chi connectivity index (χ1) is 15.4. The van der Waals surface area contributed by atoms with Gasteiger partial charge >= 0.3 is 0 Å². The second-order valence-corrected chi connectivity index (χ2v) is 9.12. The fraction of sp³-hybridized carbons (Fsp3) is 0.409. The van der Waals surface area contributed by atoms with Crippen molar-refractivity contribution in [1.29, 1.82) is 0 Å². The predicted molar refractivity (Wildman–Crippen MR) is 119 cm³/mol. The molecule has 0 aliphatic carbocycles. The maximum absolute atomic E-state index is 13.3. The number of carbonyl (C=O) groups excluding carboxylic acids is 2. The molecule has 1 aliphatic heterocycles. The van der Waals surface area contributed by atoms with Crippen LogP contribution in [0.2, 0.25) is 0 Å². The minimum atomic E-state index is -0.329. The largest absolute Gasteiger partial charge is 0.370 e. The Balaban J connectivity index is 1.54. The molecule has 1 fully saturated rings. The number of hydrogen-bond donors (Lipinski definition) is 0. The number of aromatic nitrogens is 4. The van der Waals surface area contributed by atoms with Crippen molar-refractivity contribution < 1.29 is 14.3 Å². The lowest BCUT2D eigenvalue weighted by Crippen LogP contribution is -2.39. The van der Waals surface area contributed by atoms with Gasteiger partial charge in [-0.05, 0) is 31.5 Å². The van der Waals surface area contributed by atoms with E-state index in [0.717, 1.165) is 16.1 Å². The van der Waals surface area contributed by atoms with E-state index in [2.05, 4.69) is 15.1 Å². The third-order valence-electron chi connectivity index (χ3n) is 5.28. The highest BCUT2D eigenvalue weighted by Crippen LogP contribution is 2.22. The molecule has 1 aliphatic rings. The summed E-state index contributed by atoms with van der Waals surface area (Å²) in [5.41, 5.74) is 2.61. The van der Waals surface area contributed by atoms with Crippen molar-refractivity contribution >= 4 is 23.2 Å². The number of pyridine rings is 1. The lowest BCUT2D eigenvalue weighted by Gasteiger charge is -2.24. The zero-order valence-corrected chi connectivity index (χ0v) is 19.2. The van der Waals surface area contributed by atoms with Crippen LogP contribution in [0.15, 0.2) is 36.9 Å². The van der Waals surface area contributed by atoms with Crippen LogP contribution in [0.3, 0.4) is 0 Å². The molecule has 168 valence electrons. The molecule has 1 atom stereocenters. The summed E-state index contributed by atoms with van der Waals surface area (Å²) in [6.07, 6.45) is 6.74. The van der Waals surface area contributed by atoms with Gasteiger partial charge in [0.05, 0.1) is 29.6 Å². The first-order valence-corrected chi connectivity index (χ1v) is 11.2. The van der Waals surface area contributed by atoms with Crippen LogP contribution in [-0.4, -0.2) is 67.1 Å². The number of ether oxygens (including phenoxy) is 1. The van der Waals surface area contributed by atoms with Crippen LogP contribution < -0.4 is 0 Å². The van der Waals surface area contributed by atoms with Crippen molar-refractivity contribution in [3.63, 3.8) is 0 Å². The molecule has 0 spiro atoms. The number of amides is 2. The van der Waals surface area contributed by atoms with E-state index in [1.807, 2.05) is 39.2 Å². The number of thiazole rings is 1. The Labute approximate surface area is 190 Å². The molecule has 0 N–H and O–H groups in total. The van der Waals surface area contributed by atoms with E-state index in [0.29, 0.717) is 36.8 Å². The van der Waals surface area contributed by atoms with Gasteiger partial charge < -0.3 is 14.5 Å². The van der Waals surface area contributed by atoms with Gasteiger partial charge in [0.2, 0.25) is 5.91 Å². The summed E-state index contributed by atoms with van der Waals surface area (Å²) in [4.78, 5) is 38.7. The standard InChI is InChI=1S/C22H26N6O3S/c1-15-21(32-16(2)25-15)22(30)28-12-19(31-14-17-4-6-23-7-5-17)11-27(20(29)13-28)10-18-8-24-26(3)9-18/h4-9,19H,10-14H2,1-3H3/t19-/m0/s1. The van der Waals surface area contributed by atoms with E-state index < -0.39 is 0 Å². The molecule has 3 aromatic heterocycles. The van der Waals surface area contributed by atoms with Crippen molar-refractivity contribution in [3.8, 4) is 0 Å². The Bertz CT molecular complexity index is 1100. The second-order valence-electron chi connectivity index (χ2n) is 7.92. The van der Waals surface area contributed by atoms with Crippen molar-refractivity contribution in [2.45, 2.75) is 33.1 Å². The highest BCUT2D eigenvalue weighted by Gasteiger charge is 2.32. The lowest BCUT2D eigenvalue weighted by atomic mass is 10.2. The molecule has 4 rings (SSSR count). The molecule has 10 heteroatoms. The van der Waals surface area contributed by atoms with E-state index in [1.54, 1.807) is 33.1 Å². The van der Waals surface area contributed by atoms with Gasteiger partial charge in [0.15, 0.2) is 0 Å². The fourth-order valence-corrected chi connectivity index (χ4v) is 4.62. The topological polar surface area (TPSA) is 93.5 Å². The third-order valence-corrected chi connectivity index (χ3v) is 6.34. The summed E-state index contributed by atoms with van der Waals surface area (Å²) >= 11 is 1.36. The van der Waals surface area contributed by atoms with Crippen molar-refractivity contribution in [2.75, 3.05) is 19.6 Å². The minimum Gasteiger partial charge on any atom is -0.370 e. The van der Waals surface area contributed by atoms with E-state index in [1.165, 1.54) is 11.3 Å². The molecular formula is C22H26N6O3S. The summed E-state index contributed by atoms with van der Waals surface area (Å²) in [6.45, 7) is 5.22. The quantitative estimate of drug-likeness (QED) is 0.565. The monoisotopic (exact) mass is 454 g/mol. The van der Waals surface area contributed by atoms with Crippen molar-refractivity contribution in [1.82, 2.24) is 29.5 Å². The fourth-order valence-electron chi connectivity index (χ4n) is 3.73. The maximum Gasteiger partial charge on any atom is 0.266 e. The van der Waals surface area contributed by atoms with Gasteiger partial charge in [-0.2, -0.15) is 5.10 Å².